The van der Waals surface area contributed by atoms with Crippen molar-refractivity contribution < 1.29 is 59.2 Å². The second kappa shape index (κ2) is 11.9. The van der Waals surface area contributed by atoms with Crippen LogP contribution in [-0.4, -0.2) is 129 Å². The molecule has 0 aromatic heterocycles. The van der Waals surface area contributed by atoms with Crippen LogP contribution in [0.15, 0.2) is 0 Å². The number of hydrogen-bond acceptors (Lipinski definition) is 13. The van der Waals surface area contributed by atoms with Crippen molar-refractivity contribution in [3.8, 4) is 0 Å². The molecule has 2 saturated heterocycles. The first kappa shape index (κ1) is 27.9. The minimum Gasteiger partial charge on any atom is -0.394 e. The highest BCUT2D eigenvalue weighted by Crippen LogP contribution is 2.30. The van der Waals surface area contributed by atoms with Gasteiger partial charge in [0.15, 0.2) is 12.6 Å². The van der Waals surface area contributed by atoms with Crippen LogP contribution in [0.4, 0.5) is 0 Å². The predicted octanol–water partition coefficient (Wildman–Crippen LogP) is -4.92. The van der Waals surface area contributed by atoms with E-state index in [1.165, 1.54) is 20.8 Å². The Kier molecular flexibility index (Phi) is 10.1. The lowest BCUT2D eigenvalue weighted by Gasteiger charge is -2.47. The summed E-state index contributed by atoms with van der Waals surface area (Å²) in [6.45, 7) is 2.55. The maximum atomic E-state index is 11.9. The van der Waals surface area contributed by atoms with Gasteiger partial charge < -0.3 is 60.6 Å². The number of aliphatic hydroxyl groups is 6. The summed E-state index contributed by atoms with van der Waals surface area (Å²) in [4.78, 5) is 23.5. The van der Waals surface area contributed by atoms with E-state index >= 15 is 0 Å². The van der Waals surface area contributed by atoms with Gasteiger partial charge in [0.05, 0.1) is 25.4 Å². The van der Waals surface area contributed by atoms with Gasteiger partial charge in [-0.3, -0.25) is 9.59 Å². The average molecular weight is 482 g/mol. The maximum absolute atomic E-state index is 11.9. The molecule has 0 saturated carbocycles. The minimum atomic E-state index is -1.78. The molecular weight excluding hydrogens is 448 g/mol. The van der Waals surface area contributed by atoms with Crippen LogP contribution in [0.1, 0.15) is 20.8 Å². The normalized spacial score (nSPS) is 41.3. The number of carbonyl (C=O) groups is 2. The lowest BCUT2D eigenvalue weighted by molar-refractivity contribution is -0.347. The van der Waals surface area contributed by atoms with E-state index in [1.807, 2.05) is 0 Å². The van der Waals surface area contributed by atoms with E-state index in [-0.39, 0.29) is 5.78 Å². The summed E-state index contributed by atoms with van der Waals surface area (Å²) < 4.78 is 22.3. The lowest BCUT2D eigenvalue weighted by atomic mass is 9.95. The number of rotatable bonds is 9. The number of nitrogens with two attached hydrogens (primary N) is 1. The number of carbonyl (C=O) groups excluding carboxylic acids is 2. The molecule has 1 amide bonds. The van der Waals surface area contributed by atoms with Crippen LogP contribution >= 0.6 is 0 Å². The highest BCUT2D eigenvalue weighted by atomic mass is 16.7. The van der Waals surface area contributed by atoms with Gasteiger partial charge in [-0.25, -0.2) is 0 Å². The Morgan fingerprint density at radius 2 is 1.48 bits per heavy atom. The zero-order valence-corrected chi connectivity index (χ0v) is 18.6. The van der Waals surface area contributed by atoms with Gasteiger partial charge >= 0.3 is 0 Å². The number of ketones is 1. The van der Waals surface area contributed by atoms with Crippen molar-refractivity contribution in [1.29, 1.82) is 0 Å². The monoisotopic (exact) mass is 482 g/mol. The highest BCUT2D eigenvalue weighted by molar-refractivity contribution is 5.81. The van der Waals surface area contributed by atoms with E-state index in [2.05, 4.69) is 5.32 Å². The van der Waals surface area contributed by atoms with Gasteiger partial charge in [0.1, 0.15) is 54.6 Å². The van der Waals surface area contributed by atoms with E-state index in [0.717, 1.165) is 0 Å². The molecule has 14 nitrogen and oxygen atoms in total. The van der Waals surface area contributed by atoms with Crippen molar-refractivity contribution in [2.24, 2.45) is 5.73 Å². The predicted molar refractivity (Wildman–Crippen MR) is 107 cm³/mol. The largest absolute Gasteiger partial charge is 0.394 e. The van der Waals surface area contributed by atoms with Crippen LogP contribution in [-0.2, 0) is 28.5 Å². The Hall–Kier alpha value is -1.30. The minimum absolute atomic E-state index is 0.373. The molecule has 192 valence electrons. The van der Waals surface area contributed by atoms with Crippen molar-refractivity contribution in [1.82, 2.24) is 5.32 Å². The zero-order valence-electron chi connectivity index (χ0n) is 18.6. The Bertz CT molecular complexity index is 667. The summed E-state index contributed by atoms with van der Waals surface area (Å²) in [7, 11) is 0. The molecule has 9 N–H and O–H groups in total. The van der Waals surface area contributed by atoms with Crippen LogP contribution < -0.4 is 11.1 Å². The van der Waals surface area contributed by atoms with Gasteiger partial charge in [0.2, 0.25) is 5.91 Å². The maximum Gasteiger partial charge on any atom is 0.217 e. The molecule has 14 heteroatoms. The van der Waals surface area contributed by atoms with Gasteiger partial charge in [-0.2, -0.15) is 0 Å². The first-order valence-electron chi connectivity index (χ1n) is 10.5. The molecule has 2 rings (SSSR count). The lowest BCUT2D eigenvalue weighted by Crippen LogP contribution is -2.68. The first-order chi connectivity index (χ1) is 15.4. The number of ether oxygens (including phenoxy) is 4. The Morgan fingerprint density at radius 3 is 2.00 bits per heavy atom. The van der Waals surface area contributed by atoms with Crippen molar-refractivity contribution in [3.63, 3.8) is 0 Å². The number of Topliss-reactive ketones (excluding diaryl/α,β-unsaturated/α-hetero) is 1. The van der Waals surface area contributed by atoms with Crippen molar-refractivity contribution >= 4 is 11.7 Å². The van der Waals surface area contributed by atoms with E-state index in [0.29, 0.717) is 0 Å². The van der Waals surface area contributed by atoms with E-state index < -0.39 is 92.6 Å². The molecule has 2 aliphatic rings. The van der Waals surface area contributed by atoms with Gasteiger partial charge in [0.25, 0.3) is 0 Å². The second-order valence-corrected chi connectivity index (χ2v) is 8.22. The third-order valence-electron chi connectivity index (χ3n) is 5.69. The molecule has 1 unspecified atom stereocenters. The van der Waals surface area contributed by atoms with E-state index in [1.54, 1.807) is 0 Å². The molecule has 0 radical (unpaired) electrons. The molecule has 2 fully saturated rings. The van der Waals surface area contributed by atoms with Crippen molar-refractivity contribution in [2.75, 3.05) is 13.2 Å². The number of hydrogen-bond donors (Lipinski definition) is 8. The fourth-order valence-corrected chi connectivity index (χ4v) is 3.70. The van der Waals surface area contributed by atoms with Gasteiger partial charge in [-0.05, 0) is 13.8 Å². The second-order valence-electron chi connectivity index (χ2n) is 8.22. The fourth-order valence-electron chi connectivity index (χ4n) is 3.70. The SMILES string of the molecule is CC(=O)N[C@H]1[C@@H](O[C@H](C)[C@H](N)C(C)=O)O[C@H](CO)[C@H](O)[C@@H]1O[C@@H]1O[C@H](CO)C(O)[C@H](O)[C@H]1O. The molecule has 0 aromatic rings. The molecule has 2 heterocycles. The van der Waals surface area contributed by atoms with Gasteiger partial charge in [-0.15, -0.1) is 0 Å². The molecule has 2 aliphatic heterocycles. The standard InChI is InChI=1S/C19H34N2O12/c1-6(24)11(20)7(2)30-18-12(21-8(3)25)17(14(27)10(5-23)31-18)33-19-16(29)15(28)13(26)9(4-22)32-19/h7,9-19,22-23,26-29H,4-5,20H2,1-3H3,(H,21,25)/t7-,9-,10-,11-,12-,13?,14+,15+,16-,17-,18+,19+/m1/s1. The third kappa shape index (κ3) is 6.43. The molecule has 0 spiro atoms. The van der Waals surface area contributed by atoms with Crippen LogP contribution in [0.5, 0.6) is 0 Å². The molecule has 0 aliphatic carbocycles. The topological polar surface area (TPSA) is 230 Å². The average Bonchev–Trinajstić information content (AvgIpc) is 2.76. The molecule has 0 aromatic carbocycles. The summed E-state index contributed by atoms with van der Waals surface area (Å²) in [6.07, 6.45) is -14.6. The van der Waals surface area contributed by atoms with Crippen LogP contribution in [0, 0.1) is 0 Å². The fraction of sp³-hybridized carbons (Fsp3) is 0.895. The van der Waals surface area contributed by atoms with Gasteiger partial charge in [0, 0.05) is 6.92 Å². The summed E-state index contributed by atoms with van der Waals surface area (Å²) in [5.41, 5.74) is 5.80. The Labute approximate surface area is 190 Å². The summed E-state index contributed by atoms with van der Waals surface area (Å²) in [5.74, 6) is -0.944. The quantitative estimate of drug-likeness (QED) is 0.154. The number of aliphatic hydroxyl groups excluding tert-OH is 6. The summed E-state index contributed by atoms with van der Waals surface area (Å²) in [5, 5.41) is 62.5. The van der Waals surface area contributed by atoms with Crippen LogP contribution in [0.3, 0.4) is 0 Å². The third-order valence-corrected chi connectivity index (χ3v) is 5.69. The first-order valence-corrected chi connectivity index (χ1v) is 10.5. The van der Waals surface area contributed by atoms with Crippen LogP contribution in [0.2, 0.25) is 0 Å². The highest BCUT2D eigenvalue weighted by Gasteiger charge is 2.52. The van der Waals surface area contributed by atoms with E-state index in [4.69, 9.17) is 24.7 Å². The van der Waals surface area contributed by atoms with Crippen molar-refractivity contribution in [2.45, 2.75) is 94.3 Å². The molecule has 12 atom stereocenters. The number of amides is 1. The van der Waals surface area contributed by atoms with Gasteiger partial charge in [-0.1, -0.05) is 0 Å². The van der Waals surface area contributed by atoms with Crippen molar-refractivity contribution in [3.05, 3.63) is 0 Å². The molecular formula is C19H34N2O12. The summed E-state index contributed by atoms with van der Waals surface area (Å²) >= 11 is 0. The Morgan fingerprint density at radius 1 is 0.939 bits per heavy atom. The summed E-state index contributed by atoms with van der Waals surface area (Å²) in [6, 6.07) is -2.27. The Balaban J connectivity index is 2.32. The number of nitrogens with one attached hydrogen (secondary N) is 1. The zero-order chi connectivity index (χ0) is 25.0. The smallest absolute Gasteiger partial charge is 0.217 e. The van der Waals surface area contributed by atoms with E-state index in [9.17, 15) is 40.2 Å². The van der Waals surface area contributed by atoms with Crippen LogP contribution in [0.25, 0.3) is 0 Å². The molecule has 0 bridgehead atoms. The molecule has 33 heavy (non-hydrogen) atoms.